The van der Waals surface area contributed by atoms with E-state index in [1.165, 1.54) is 32.2 Å². The third kappa shape index (κ3) is 11.1. The number of esters is 1. The second-order valence-electron chi connectivity index (χ2n) is 19.4. The SMILES string of the molecule is COC[C@@H]1C[C@@H](C)CC/C=C\[C@@H]2C[C@@]2(C(=O)NS(=O)(=O)C2(C)CC2)CC(=O)[C@@H]2C[C@@H](Oc3nc4cc(OC(C)C)ccc4nc3C(F)(F)F)CN2C(=O)[C@H]1CC(=O)OC(C)(C)C(C)(F)F. The first kappa shape index (κ1) is 50.0. The molecule has 1 saturated heterocycles. The van der Waals surface area contributed by atoms with E-state index in [2.05, 4.69) is 14.7 Å². The lowest BCUT2D eigenvalue weighted by atomic mass is 9.81. The number of aromatic nitrogens is 2. The number of carbonyl (C=O) groups excluding carboxylic acids is 4. The van der Waals surface area contributed by atoms with E-state index in [1.54, 1.807) is 19.9 Å². The number of amides is 2. The fourth-order valence-electron chi connectivity index (χ4n) is 8.67. The van der Waals surface area contributed by atoms with Gasteiger partial charge in [0.2, 0.25) is 33.4 Å². The molecule has 1 aromatic carbocycles. The fourth-order valence-corrected chi connectivity index (χ4v) is 10.0. The molecule has 0 unspecified atom stereocenters. The van der Waals surface area contributed by atoms with E-state index in [0.717, 1.165) is 18.7 Å². The van der Waals surface area contributed by atoms with Gasteiger partial charge in [0.1, 0.15) is 11.9 Å². The molecule has 3 fully saturated rings. The van der Waals surface area contributed by atoms with Crippen LogP contribution in [-0.2, 0) is 44.9 Å². The Morgan fingerprint density at radius 1 is 1.03 bits per heavy atom. The van der Waals surface area contributed by atoms with Gasteiger partial charge < -0.3 is 23.8 Å². The van der Waals surface area contributed by atoms with Crippen molar-refractivity contribution in [3.8, 4) is 11.6 Å². The zero-order valence-electron chi connectivity index (χ0n) is 37.9. The first-order valence-electron chi connectivity index (χ1n) is 22.0. The van der Waals surface area contributed by atoms with E-state index in [1.807, 2.05) is 13.0 Å². The summed E-state index contributed by atoms with van der Waals surface area (Å²) in [5.41, 5.74) is -5.40. The third-order valence-electron chi connectivity index (χ3n) is 13.3. The third-order valence-corrected chi connectivity index (χ3v) is 15.5. The van der Waals surface area contributed by atoms with Crippen LogP contribution in [0.5, 0.6) is 11.6 Å². The molecule has 2 aliphatic heterocycles. The molecule has 1 aromatic heterocycles. The van der Waals surface area contributed by atoms with Crippen LogP contribution in [-0.4, -0.2) is 102 Å². The number of hydrogen-bond acceptors (Lipinski definition) is 12. The number of hydrogen-bond donors (Lipinski definition) is 1. The van der Waals surface area contributed by atoms with Gasteiger partial charge in [-0.05, 0) is 103 Å². The Labute approximate surface area is 375 Å². The maximum atomic E-state index is 15.1. The number of allylic oxidation sites excluding steroid dienone is 2. The molecule has 3 heterocycles. The van der Waals surface area contributed by atoms with Crippen molar-refractivity contribution in [3.63, 3.8) is 0 Å². The average Bonchev–Trinajstić information content (AvgIpc) is 4.06. The van der Waals surface area contributed by atoms with Gasteiger partial charge in [-0.2, -0.15) is 13.2 Å². The minimum atomic E-state index is -5.07. The molecule has 4 aliphatic rings. The summed E-state index contributed by atoms with van der Waals surface area (Å²) in [5, 5.41) is 0. The zero-order chi connectivity index (χ0) is 48.1. The van der Waals surface area contributed by atoms with Crippen LogP contribution < -0.4 is 14.2 Å². The number of nitrogens with zero attached hydrogens (tertiary/aromatic N) is 3. The van der Waals surface area contributed by atoms with Gasteiger partial charge in [0, 0.05) is 39.5 Å². The van der Waals surface area contributed by atoms with Gasteiger partial charge in [0.25, 0.3) is 5.92 Å². The monoisotopic (exact) mass is 942 g/mol. The van der Waals surface area contributed by atoms with Crippen LogP contribution in [0.25, 0.3) is 11.0 Å². The Hall–Kier alpha value is -4.46. The number of benzene rings is 1. The second-order valence-corrected chi connectivity index (χ2v) is 21.6. The molecule has 6 rings (SSSR count). The van der Waals surface area contributed by atoms with Gasteiger partial charge in [0.05, 0.1) is 52.2 Å². The first-order chi connectivity index (χ1) is 30.1. The highest BCUT2D eigenvalue weighted by Crippen LogP contribution is 2.58. The largest absolute Gasteiger partial charge is 0.491 e. The zero-order valence-corrected chi connectivity index (χ0v) is 38.7. The molecular formula is C45H59F5N4O10S. The first-order valence-corrected chi connectivity index (χ1v) is 23.5. The number of alkyl halides is 5. The number of ether oxygens (including phenoxy) is 4. The Morgan fingerprint density at radius 2 is 1.72 bits per heavy atom. The molecule has 0 spiro atoms. The number of fused-ring (bicyclic) bond motifs is 3. The second kappa shape index (κ2) is 18.3. The lowest BCUT2D eigenvalue weighted by Crippen LogP contribution is -2.49. The van der Waals surface area contributed by atoms with Crippen LogP contribution in [0.1, 0.15) is 112 Å². The van der Waals surface area contributed by atoms with Gasteiger partial charge in [-0.15, -0.1) is 0 Å². The van der Waals surface area contributed by atoms with Crippen molar-refractivity contribution < 1.29 is 68.5 Å². The molecule has 14 nitrogen and oxygen atoms in total. The van der Waals surface area contributed by atoms with Crippen molar-refractivity contribution in [1.29, 1.82) is 0 Å². The van der Waals surface area contributed by atoms with E-state index in [-0.39, 0.29) is 36.1 Å². The van der Waals surface area contributed by atoms with E-state index in [9.17, 15) is 44.8 Å². The standard InChI is InChI=1S/C45H59F5N4O10S/c1-25(2)62-29-13-14-32-33(18-29)52-38(37(51-32)45(48,49)50)63-30-19-34-35(55)22-44(40(58)53-65(59,60)42(6)15-16-42)21-28(44)12-10-9-11-26(3)17-27(24-61-8)31(39(57)54(34)23-30)20-36(56)64-41(4,5)43(7,46)47/h10,12-14,18,25-28,30-31,34H,9,11,15-17,19-24H2,1-8H3,(H,53,58)/b12-10-/t26-,27-,28+,30+,31-,34-,44+/m0/s1. The van der Waals surface area contributed by atoms with Crippen LogP contribution in [0.2, 0.25) is 0 Å². The molecule has 7 atom stereocenters. The highest BCUT2D eigenvalue weighted by Gasteiger charge is 2.63. The lowest BCUT2D eigenvalue weighted by molar-refractivity contribution is -0.197. The smallest absolute Gasteiger partial charge is 0.438 e. The van der Waals surface area contributed by atoms with Gasteiger partial charge >= 0.3 is 12.1 Å². The van der Waals surface area contributed by atoms with Crippen LogP contribution in [0.4, 0.5) is 22.0 Å². The van der Waals surface area contributed by atoms with E-state index < -0.39 is 129 Å². The number of sulfonamides is 1. The van der Waals surface area contributed by atoms with E-state index in [4.69, 9.17) is 18.9 Å². The number of carbonyl (C=O) groups is 4. The molecule has 2 amide bonds. The topological polar surface area (TPSA) is 180 Å². The minimum Gasteiger partial charge on any atom is -0.491 e. The summed E-state index contributed by atoms with van der Waals surface area (Å²) >= 11 is 0. The Bertz CT molecular complexity index is 2300. The average molecular weight is 943 g/mol. The minimum absolute atomic E-state index is 0.00220. The number of methoxy groups -OCH3 is 1. The Kier molecular flexibility index (Phi) is 14.1. The van der Waals surface area contributed by atoms with Gasteiger partial charge in [-0.3, -0.25) is 23.9 Å². The van der Waals surface area contributed by atoms with Gasteiger partial charge in [-0.1, -0.05) is 19.1 Å². The van der Waals surface area contributed by atoms with Crippen LogP contribution in [0, 0.1) is 29.1 Å². The molecule has 1 N–H and O–H groups in total. The van der Waals surface area contributed by atoms with Crippen molar-refractivity contribution in [2.24, 2.45) is 29.1 Å². The molecule has 65 heavy (non-hydrogen) atoms. The Balaban J connectivity index is 1.42. The summed E-state index contributed by atoms with van der Waals surface area (Å²) in [5.74, 6) is -10.4. The van der Waals surface area contributed by atoms with Crippen LogP contribution in [0.15, 0.2) is 30.4 Å². The molecule has 360 valence electrons. The molecule has 2 aliphatic carbocycles. The summed E-state index contributed by atoms with van der Waals surface area (Å²) in [6, 6.07) is 2.70. The highest BCUT2D eigenvalue weighted by molar-refractivity contribution is 7.91. The molecule has 20 heteroatoms. The van der Waals surface area contributed by atoms with Gasteiger partial charge in [0.15, 0.2) is 11.4 Å². The molecule has 0 radical (unpaired) electrons. The summed E-state index contributed by atoms with van der Waals surface area (Å²) < 4.78 is 123. The van der Waals surface area contributed by atoms with Crippen molar-refractivity contribution in [3.05, 3.63) is 36.0 Å². The maximum Gasteiger partial charge on any atom is 0.438 e. The summed E-state index contributed by atoms with van der Waals surface area (Å²) in [6.07, 6.45) is -2.57. The van der Waals surface area contributed by atoms with Gasteiger partial charge in [-0.25, -0.2) is 27.2 Å². The fraction of sp³-hybridized carbons (Fsp3) is 0.689. The van der Waals surface area contributed by atoms with Crippen molar-refractivity contribution >= 4 is 44.6 Å². The lowest BCUT2D eigenvalue weighted by Gasteiger charge is -2.35. The molecule has 0 bridgehead atoms. The molecule has 2 aromatic rings. The quantitative estimate of drug-likeness (QED) is 0.120. The van der Waals surface area contributed by atoms with Crippen molar-refractivity contribution in [2.75, 3.05) is 20.3 Å². The number of halogens is 5. The molecular weight excluding hydrogens is 884 g/mol. The van der Waals surface area contributed by atoms with E-state index >= 15 is 4.79 Å². The highest BCUT2D eigenvalue weighted by atomic mass is 32.2. The predicted molar refractivity (Wildman–Crippen MR) is 226 cm³/mol. The van der Waals surface area contributed by atoms with Crippen LogP contribution >= 0.6 is 0 Å². The van der Waals surface area contributed by atoms with Crippen molar-refractivity contribution in [2.45, 2.75) is 147 Å². The van der Waals surface area contributed by atoms with Crippen LogP contribution in [0.3, 0.4) is 0 Å². The number of Topliss-reactive ketones (excluding diaryl/α,β-unsaturated/α-hetero) is 1. The number of nitrogens with one attached hydrogen (secondary N) is 1. The van der Waals surface area contributed by atoms with E-state index in [0.29, 0.717) is 44.8 Å². The maximum absolute atomic E-state index is 15.1. The summed E-state index contributed by atoms with van der Waals surface area (Å²) in [6.45, 7) is 9.01. The predicted octanol–water partition coefficient (Wildman–Crippen LogP) is 7.37. The number of ketones is 1. The normalized spacial score (nSPS) is 28.1. The Morgan fingerprint density at radius 3 is 2.34 bits per heavy atom. The molecule has 2 saturated carbocycles. The van der Waals surface area contributed by atoms with Crippen molar-refractivity contribution in [1.82, 2.24) is 19.6 Å². The summed E-state index contributed by atoms with van der Waals surface area (Å²) in [7, 11) is -2.75. The number of rotatable bonds is 13. The summed E-state index contributed by atoms with van der Waals surface area (Å²) in [4.78, 5) is 66.7.